The zero-order valence-corrected chi connectivity index (χ0v) is 13.0. The van der Waals surface area contributed by atoms with Crippen LogP contribution >= 0.6 is 23.2 Å². The van der Waals surface area contributed by atoms with Gasteiger partial charge in [0.25, 0.3) is 0 Å². The van der Waals surface area contributed by atoms with Gasteiger partial charge >= 0.3 is 0 Å². The molecule has 0 fully saturated rings. The molecule has 4 heteroatoms. The van der Waals surface area contributed by atoms with E-state index in [2.05, 4.69) is 18.3 Å². The van der Waals surface area contributed by atoms with Gasteiger partial charge in [-0.15, -0.1) is 0 Å². The molecule has 2 aromatic rings. The zero-order chi connectivity index (χ0) is 14.5. The fourth-order valence-corrected chi connectivity index (χ4v) is 2.16. The van der Waals surface area contributed by atoms with Gasteiger partial charge in [0.1, 0.15) is 12.4 Å². The molecule has 0 bridgehead atoms. The molecule has 0 aliphatic heterocycles. The lowest BCUT2D eigenvalue weighted by Crippen LogP contribution is -2.12. The standard InChI is InChI=1S/C16H17Cl2NO/c1-11(19-2)13-4-3-5-14(9-13)20-10-12-6-7-15(17)16(18)8-12/h3-9,11,19H,10H2,1-2H3. The second-order valence-electron chi connectivity index (χ2n) is 4.62. The molecular formula is C16H17Cl2NO. The van der Waals surface area contributed by atoms with Crippen LogP contribution in [0.3, 0.4) is 0 Å². The van der Waals surface area contributed by atoms with Crippen molar-refractivity contribution < 1.29 is 4.74 Å². The molecule has 0 heterocycles. The Morgan fingerprint density at radius 3 is 2.60 bits per heavy atom. The highest BCUT2D eigenvalue weighted by molar-refractivity contribution is 6.42. The normalized spacial score (nSPS) is 12.2. The highest BCUT2D eigenvalue weighted by atomic mass is 35.5. The molecule has 0 saturated carbocycles. The average molecular weight is 310 g/mol. The van der Waals surface area contributed by atoms with Crippen molar-refractivity contribution in [3.8, 4) is 5.75 Å². The Morgan fingerprint density at radius 2 is 1.90 bits per heavy atom. The number of benzene rings is 2. The van der Waals surface area contributed by atoms with Crippen molar-refractivity contribution in [1.82, 2.24) is 5.32 Å². The van der Waals surface area contributed by atoms with Gasteiger partial charge in [-0.1, -0.05) is 41.4 Å². The molecule has 106 valence electrons. The Balaban J connectivity index is 2.05. The SMILES string of the molecule is CNC(C)c1cccc(OCc2ccc(Cl)c(Cl)c2)c1. The van der Waals surface area contributed by atoms with E-state index < -0.39 is 0 Å². The van der Waals surface area contributed by atoms with Crippen LogP contribution in [0.5, 0.6) is 5.75 Å². The summed E-state index contributed by atoms with van der Waals surface area (Å²) in [5.41, 5.74) is 2.19. The van der Waals surface area contributed by atoms with E-state index in [1.807, 2.05) is 37.4 Å². The van der Waals surface area contributed by atoms with E-state index in [1.54, 1.807) is 6.07 Å². The van der Waals surface area contributed by atoms with Crippen LogP contribution in [0.2, 0.25) is 10.0 Å². The van der Waals surface area contributed by atoms with Crippen molar-refractivity contribution in [2.75, 3.05) is 7.05 Å². The van der Waals surface area contributed by atoms with Crippen LogP contribution in [0.4, 0.5) is 0 Å². The van der Waals surface area contributed by atoms with Crippen LogP contribution in [-0.2, 0) is 6.61 Å². The van der Waals surface area contributed by atoms with Crippen LogP contribution in [0.15, 0.2) is 42.5 Å². The molecule has 0 aromatic heterocycles. The molecular weight excluding hydrogens is 293 g/mol. The molecule has 2 rings (SSSR count). The molecule has 1 atom stereocenters. The third kappa shape index (κ3) is 3.89. The number of hydrogen-bond donors (Lipinski definition) is 1. The maximum Gasteiger partial charge on any atom is 0.120 e. The van der Waals surface area contributed by atoms with Gasteiger partial charge in [0, 0.05) is 6.04 Å². The Labute approximate surface area is 129 Å². The summed E-state index contributed by atoms with van der Waals surface area (Å²) < 4.78 is 5.79. The Bertz CT molecular complexity index is 586. The number of ether oxygens (including phenoxy) is 1. The quantitative estimate of drug-likeness (QED) is 0.852. The highest BCUT2D eigenvalue weighted by Gasteiger charge is 2.04. The van der Waals surface area contributed by atoms with Crippen molar-refractivity contribution in [1.29, 1.82) is 0 Å². The number of nitrogens with one attached hydrogen (secondary N) is 1. The summed E-state index contributed by atoms with van der Waals surface area (Å²) >= 11 is 11.9. The molecule has 0 spiro atoms. The molecule has 0 saturated heterocycles. The van der Waals surface area contributed by atoms with E-state index in [0.717, 1.165) is 11.3 Å². The van der Waals surface area contributed by atoms with Gasteiger partial charge in [-0.3, -0.25) is 0 Å². The molecule has 1 N–H and O–H groups in total. The second kappa shape index (κ2) is 6.98. The van der Waals surface area contributed by atoms with Gasteiger partial charge < -0.3 is 10.1 Å². The summed E-state index contributed by atoms with van der Waals surface area (Å²) in [4.78, 5) is 0. The fourth-order valence-electron chi connectivity index (χ4n) is 1.84. The zero-order valence-electron chi connectivity index (χ0n) is 11.5. The first-order chi connectivity index (χ1) is 9.60. The lowest BCUT2D eigenvalue weighted by molar-refractivity contribution is 0.305. The monoisotopic (exact) mass is 309 g/mol. The minimum absolute atomic E-state index is 0.295. The van der Waals surface area contributed by atoms with Crippen molar-refractivity contribution in [3.05, 3.63) is 63.6 Å². The van der Waals surface area contributed by atoms with E-state index in [0.29, 0.717) is 22.7 Å². The number of rotatable bonds is 5. The predicted molar refractivity (Wildman–Crippen MR) is 84.7 cm³/mol. The molecule has 0 radical (unpaired) electrons. The molecule has 0 aliphatic carbocycles. The molecule has 20 heavy (non-hydrogen) atoms. The Kier molecular flexibility index (Phi) is 5.30. The third-order valence-electron chi connectivity index (χ3n) is 3.18. The number of halogens is 2. The summed E-state index contributed by atoms with van der Waals surface area (Å²) in [6.07, 6.45) is 0. The van der Waals surface area contributed by atoms with Gasteiger partial charge in [0.05, 0.1) is 10.0 Å². The third-order valence-corrected chi connectivity index (χ3v) is 3.92. The summed E-state index contributed by atoms with van der Waals surface area (Å²) in [5.74, 6) is 0.843. The van der Waals surface area contributed by atoms with Crippen molar-refractivity contribution >= 4 is 23.2 Å². The first kappa shape index (κ1) is 15.2. The average Bonchev–Trinajstić information content (AvgIpc) is 2.48. The number of hydrogen-bond acceptors (Lipinski definition) is 2. The summed E-state index contributed by atoms with van der Waals surface area (Å²) in [6, 6.07) is 13.9. The van der Waals surface area contributed by atoms with Crippen molar-refractivity contribution in [2.45, 2.75) is 19.6 Å². The van der Waals surface area contributed by atoms with E-state index in [-0.39, 0.29) is 0 Å². The topological polar surface area (TPSA) is 21.3 Å². The lowest BCUT2D eigenvalue weighted by Gasteiger charge is -2.13. The van der Waals surface area contributed by atoms with Crippen molar-refractivity contribution in [2.24, 2.45) is 0 Å². The molecule has 2 nitrogen and oxygen atoms in total. The summed E-state index contributed by atoms with van der Waals surface area (Å²) in [7, 11) is 1.94. The Morgan fingerprint density at radius 1 is 1.10 bits per heavy atom. The molecule has 2 aromatic carbocycles. The fraction of sp³-hybridized carbons (Fsp3) is 0.250. The van der Waals surface area contributed by atoms with E-state index in [1.165, 1.54) is 5.56 Å². The summed E-state index contributed by atoms with van der Waals surface area (Å²) in [5, 5.41) is 4.31. The lowest BCUT2D eigenvalue weighted by atomic mass is 10.1. The van der Waals surface area contributed by atoms with Crippen LogP contribution in [-0.4, -0.2) is 7.05 Å². The second-order valence-corrected chi connectivity index (χ2v) is 5.43. The molecule has 0 amide bonds. The van der Waals surface area contributed by atoms with Gasteiger partial charge in [0.2, 0.25) is 0 Å². The van der Waals surface area contributed by atoms with Crippen LogP contribution in [0.25, 0.3) is 0 Å². The van der Waals surface area contributed by atoms with E-state index in [4.69, 9.17) is 27.9 Å². The van der Waals surface area contributed by atoms with E-state index >= 15 is 0 Å². The molecule has 1 unspecified atom stereocenters. The van der Waals surface area contributed by atoms with Crippen LogP contribution < -0.4 is 10.1 Å². The van der Waals surface area contributed by atoms with Crippen LogP contribution in [0.1, 0.15) is 24.1 Å². The minimum atomic E-state index is 0.295. The minimum Gasteiger partial charge on any atom is -0.489 e. The van der Waals surface area contributed by atoms with Gasteiger partial charge in [-0.25, -0.2) is 0 Å². The predicted octanol–water partition coefficient (Wildman–Crippen LogP) is 4.85. The van der Waals surface area contributed by atoms with Crippen LogP contribution in [0, 0.1) is 0 Å². The largest absolute Gasteiger partial charge is 0.489 e. The van der Waals surface area contributed by atoms with E-state index in [9.17, 15) is 0 Å². The Hall–Kier alpha value is -1.22. The van der Waals surface area contributed by atoms with Gasteiger partial charge in [-0.2, -0.15) is 0 Å². The van der Waals surface area contributed by atoms with Gasteiger partial charge in [0.15, 0.2) is 0 Å². The molecule has 0 aliphatic rings. The van der Waals surface area contributed by atoms with Crippen molar-refractivity contribution in [3.63, 3.8) is 0 Å². The van der Waals surface area contributed by atoms with Gasteiger partial charge in [-0.05, 0) is 49.4 Å². The summed E-state index contributed by atoms with van der Waals surface area (Å²) in [6.45, 7) is 2.58. The first-order valence-electron chi connectivity index (χ1n) is 6.44. The maximum atomic E-state index is 5.99. The smallest absolute Gasteiger partial charge is 0.120 e. The maximum absolute atomic E-state index is 5.99. The first-order valence-corrected chi connectivity index (χ1v) is 7.19. The highest BCUT2D eigenvalue weighted by Crippen LogP contribution is 2.24.